The van der Waals surface area contributed by atoms with Gasteiger partial charge in [0.1, 0.15) is 0 Å². The van der Waals surface area contributed by atoms with Crippen molar-refractivity contribution in [3.8, 4) is 0 Å². The normalized spacial score (nSPS) is 15.5. The lowest BCUT2D eigenvalue weighted by Gasteiger charge is -2.18. The van der Waals surface area contributed by atoms with E-state index in [1.165, 1.54) is 35.7 Å². The molecule has 0 N–H and O–H groups in total. The zero-order valence-corrected chi connectivity index (χ0v) is 9.65. The summed E-state index contributed by atoms with van der Waals surface area (Å²) in [6.07, 6.45) is 6.41. The van der Waals surface area contributed by atoms with Crippen LogP contribution < -0.4 is 0 Å². The number of hydrogen-bond acceptors (Lipinski definition) is 0. The van der Waals surface area contributed by atoms with E-state index in [9.17, 15) is 0 Å². The molecule has 70 valence electrons. The SMILES string of the molecule is CCc1cc(Br)c2c(c1)CCCC2. The zero-order valence-electron chi connectivity index (χ0n) is 8.07. The molecule has 2 rings (SSSR count). The van der Waals surface area contributed by atoms with E-state index < -0.39 is 0 Å². The minimum atomic E-state index is 1.14. The Morgan fingerprint density at radius 1 is 1.23 bits per heavy atom. The zero-order chi connectivity index (χ0) is 9.26. The van der Waals surface area contributed by atoms with Gasteiger partial charge in [0, 0.05) is 4.47 Å². The average molecular weight is 239 g/mol. The summed E-state index contributed by atoms with van der Waals surface area (Å²) in [5, 5.41) is 0. The summed E-state index contributed by atoms with van der Waals surface area (Å²) in [5.41, 5.74) is 4.61. The molecule has 0 spiro atoms. The molecule has 0 aromatic heterocycles. The molecule has 0 saturated carbocycles. The van der Waals surface area contributed by atoms with Crippen LogP contribution in [-0.4, -0.2) is 0 Å². The molecule has 0 atom stereocenters. The van der Waals surface area contributed by atoms with Gasteiger partial charge >= 0.3 is 0 Å². The molecule has 13 heavy (non-hydrogen) atoms. The summed E-state index contributed by atoms with van der Waals surface area (Å²) in [4.78, 5) is 0. The smallest absolute Gasteiger partial charge is 0.0212 e. The van der Waals surface area contributed by atoms with Gasteiger partial charge in [-0.25, -0.2) is 0 Å². The fraction of sp³-hybridized carbons (Fsp3) is 0.500. The summed E-state index contributed by atoms with van der Waals surface area (Å²) in [5.74, 6) is 0. The highest BCUT2D eigenvalue weighted by Gasteiger charge is 2.12. The summed E-state index contributed by atoms with van der Waals surface area (Å²) >= 11 is 3.67. The topological polar surface area (TPSA) is 0 Å². The molecule has 0 unspecified atom stereocenters. The molecule has 0 fully saturated rings. The van der Waals surface area contributed by atoms with E-state index in [4.69, 9.17) is 0 Å². The van der Waals surface area contributed by atoms with E-state index in [1.807, 2.05) is 0 Å². The van der Waals surface area contributed by atoms with Gasteiger partial charge in [-0.3, -0.25) is 0 Å². The van der Waals surface area contributed by atoms with Crippen LogP contribution in [0.15, 0.2) is 16.6 Å². The van der Waals surface area contributed by atoms with Crippen LogP contribution in [0.3, 0.4) is 0 Å². The van der Waals surface area contributed by atoms with Crippen molar-refractivity contribution in [3.05, 3.63) is 33.3 Å². The molecular weight excluding hydrogens is 224 g/mol. The highest BCUT2D eigenvalue weighted by atomic mass is 79.9. The van der Waals surface area contributed by atoms with Crippen LogP contribution in [0, 0.1) is 0 Å². The molecule has 0 amide bonds. The van der Waals surface area contributed by atoms with Crippen molar-refractivity contribution < 1.29 is 0 Å². The summed E-state index contributed by atoms with van der Waals surface area (Å²) in [6.45, 7) is 2.22. The third-order valence-electron chi connectivity index (χ3n) is 2.88. The Kier molecular flexibility index (Phi) is 2.73. The van der Waals surface area contributed by atoms with Gasteiger partial charge < -0.3 is 0 Å². The standard InChI is InChI=1S/C12H15Br/c1-2-9-7-10-5-3-4-6-11(10)12(13)8-9/h7-8H,2-6H2,1H3. The maximum Gasteiger partial charge on any atom is 0.0212 e. The van der Waals surface area contributed by atoms with Crippen LogP contribution in [0.5, 0.6) is 0 Å². The number of hydrogen-bond donors (Lipinski definition) is 0. The number of benzene rings is 1. The molecule has 0 radical (unpaired) electrons. The number of aryl methyl sites for hydroxylation is 2. The van der Waals surface area contributed by atoms with Crippen LogP contribution in [0.25, 0.3) is 0 Å². The van der Waals surface area contributed by atoms with E-state index in [1.54, 1.807) is 11.1 Å². The van der Waals surface area contributed by atoms with Gasteiger partial charge in [-0.1, -0.05) is 28.9 Å². The Balaban J connectivity index is 2.47. The summed E-state index contributed by atoms with van der Waals surface area (Å²) in [6, 6.07) is 4.67. The van der Waals surface area contributed by atoms with E-state index >= 15 is 0 Å². The van der Waals surface area contributed by atoms with Crippen molar-refractivity contribution >= 4 is 15.9 Å². The molecular formula is C12H15Br. The fourth-order valence-electron chi connectivity index (χ4n) is 2.08. The Morgan fingerprint density at radius 3 is 2.77 bits per heavy atom. The monoisotopic (exact) mass is 238 g/mol. The highest BCUT2D eigenvalue weighted by Crippen LogP contribution is 2.29. The maximum atomic E-state index is 3.67. The van der Waals surface area contributed by atoms with Crippen LogP contribution in [-0.2, 0) is 19.3 Å². The second-order valence-electron chi connectivity index (χ2n) is 3.78. The molecule has 0 bridgehead atoms. The second kappa shape index (κ2) is 3.83. The van der Waals surface area contributed by atoms with Crippen molar-refractivity contribution in [1.29, 1.82) is 0 Å². The van der Waals surface area contributed by atoms with E-state index in [0.29, 0.717) is 0 Å². The van der Waals surface area contributed by atoms with Gasteiger partial charge in [0.15, 0.2) is 0 Å². The highest BCUT2D eigenvalue weighted by molar-refractivity contribution is 9.10. The average Bonchev–Trinajstić information content (AvgIpc) is 2.18. The Bertz CT molecular complexity index is 315. The molecule has 1 aromatic carbocycles. The Labute approximate surface area is 88.5 Å². The number of rotatable bonds is 1. The molecule has 0 heterocycles. The molecule has 1 aliphatic rings. The van der Waals surface area contributed by atoms with Crippen LogP contribution in [0.4, 0.5) is 0 Å². The van der Waals surface area contributed by atoms with Gasteiger partial charge in [0.2, 0.25) is 0 Å². The van der Waals surface area contributed by atoms with Crippen molar-refractivity contribution in [2.24, 2.45) is 0 Å². The second-order valence-corrected chi connectivity index (χ2v) is 4.63. The first-order valence-corrected chi connectivity index (χ1v) is 5.90. The number of fused-ring (bicyclic) bond motifs is 1. The van der Waals surface area contributed by atoms with Crippen LogP contribution in [0.1, 0.15) is 36.5 Å². The van der Waals surface area contributed by atoms with Crippen molar-refractivity contribution in [3.63, 3.8) is 0 Å². The summed E-state index contributed by atoms with van der Waals surface area (Å²) in [7, 11) is 0. The Hall–Kier alpha value is -0.300. The van der Waals surface area contributed by atoms with E-state index in [-0.39, 0.29) is 0 Å². The van der Waals surface area contributed by atoms with E-state index in [2.05, 4.69) is 35.0 Å². The van der Waals surface area contributed by atoms with Crippen molar-refractivity contribution in [2.45, 2.75) is 39.0 Å². The minimum absolute atomic E-state index is 1.14. The quantitative estimate of drug-likeness (QED) is 0.697. The van der Waals surface area contributed by atoms with E-state index in [0.717, 1.165) is 6.42 Å². The maximum absolute atomic E-state index is 3.67. The first-order chi connectivity index (χ1) is 6.31. The first-order valence-electron chi connectivity index (χ1n) is 5.11. The molecule has 0 saturated heterocycles. The lowest BCUT2D eigenvalue weighted by molar-refractivity contribution is 0.682. The lowest BCUT2D eigenvalue weighted by Crippen LogP contribution is -2.04. The van der Waals surface area contributed by atoms with Crippen LogP contribution >= 0.6 is 15.9 Å². The number of halogens is 1. The molecule has 1 heteroatoms. The predicted octanol–water partition coefficient (Wildman–Crippen LogP) is 3.89. The predicted molar refractivity (Wildman–Crippen MR) is 60.2 cm³/mol. The lowest BCUT2D eigenvalue weighted by atomic mass is 9.90. The fourth-order valence-corrected chi connectivity index (χ4v) is 2.83. The van der Waals surface area contributed by atoms with Crippen molar-refractivity contribution in [2.75, 3.05) is 0 Å². The minimum Gasteiger partial charge on any atom is -0.0613 e. The molecule has 1 aromatic rings. The van der Waals surface area contributed by atoms with Gasteiger partial charge in [0.25, 0.3) is 0 Å². The van der Waals surface area contributed by atoms with Gasteiger partial charge in [-0.05, 0) is 54.9 Å². The molecule has 0 aliphatic heterocycles. The largest absolute Gasteiger partial charge is 0.0613 e. The molecule has 1 aliphatic carbocycles. The third kappa shape index (κ3) is 1.80. The van der Waals surface area contributed by atoms with Gasteiger partial charge in [-0.15, -0.1) is 0 Å². The molecule has 0 nitrogen and oxygen atoms in total. The third-order valence-corrected chi connectivity index (χ3v) is 3.59. The van der Waals surface area contributed by atoms with Crippen molar-refractivity contribution in [1.82, 2.24) is 0 Å². The van der Waals surface area contributed by atoms with Gasteiger partial charge in [0.05, 0.1) is 0 Å². The first kappa shape index (κ1) is 9.26. The van der Waals surface area contributed by atoms with Gasteiger partial charge in [-0.2, -0.15) is 0 Å². The Morgan fingerprint density at radius 2 is 2.00 bits per heavy atom. The summed E-state index contributed by atoms with van der Waals surface area (Å²) < 4.78 is 1.33. The van der Waals surface area contributed by atoms with Crippen LogP contribution in [0.2, 0.25) is 0 Å².